The maximum Gasteiger partial charge on any atom is 0.326 e. The molecule has 3 rings (SSSR count). The normalized spacial score (nSPS) is 21.5. The van der Waals surface area contributed by atoms with Gasteiger partial charge in [-0.25, -0.2) is 9.18 Å². The molecule has 1 aromatic carbocycles. The van der Waals surface area contributed by atoms with Gasteiger partial charge in [-0.15, -0.1) is 0 Å². The van der Waals surface area contributed by atoms with E-state index in [4.69, 9.17) is 11.6 Å². The average Bonchev–Trinajstić information content (AvgIpc) is 2.97. The van der Waals surface area contributed by atoms with Crippen molar-refractivity contribution in [3.05, 3.63) is 34.6 Å². The number of carbonyl (C=O) groups is 3. The number of amides is 2. The Hall–Kier alpha value is -2.15. The Balaban J connectivity index is 1.74. The predicted molar refractivity (Wildman–Crippen MR) is 96.8 cm³/mol. The van der Waals surface area contributed by atoms with Crippen molar-refractivity contribution in [1.82, 2.24) is 9.80 Å². The lowest BCUT2D eigenvalue weighted by molar-refractivity contribution is -0.148. The number of hydrogen-bond acceptors (Lipinski definition) is 3. The van der Waals surface area contributed by atoms with E-state index >= 15 is 0 Å². The maximum absolute atomic E-state index is 13.2. The molecule has 2 fully saturated rings. The molecule has 0 saturated carbocycles. The van der Waals surface area contributed by atoms with Crippen molar-refractivity contribution in [3.63, 3.8) is 0 Å². The second-order valence-corrected chi connectivity index (χ2v) is 7.91. The summed E-state index contributed by atoms with van der Waals surface area (Å²) in [6.45, 7) is 3.03. The van der Waals surface area contributed by atoms with Crippen LogP contribution in [-0.2, 0) is 20.8 Å². The maximum atomic E-state index is 13.2. The van der Waals surface area contributed by atoms with Gasteiger partial charge < -0.3 is 14.9 Å². The molecule has 2 heterocycles. The van der Waals surface area contributed by atoms with E-state index in [1.807, 2.05) is 0 Å². The molecular formula is C19H22ClFN2O4. The van der Waals surface area contributed by atoms with Crippen molar-refractivity contribution in [1.29, 1.82) is 0 Å². The zero-order valence-electron chi connectivity index (χ0n) is 15.1. The molecule has 2 aliphatic heterocycles. The van der Waals surface area contributed by atoms with Crippen LogP contribution in [0.3, 0.4) is 0 Å². The van der Waals surface area contributed by atoms with Crippen LogP contribution in [0.25, 0.3) is 0 Å². The molecule has 1 aromatic rings. The summed E-state index contributed by atoms with van der Waals surface area (Å²) in [6, 6.07) is 2.93. The first-order valence-corrected chi connectivity index (χ1v) is 9.30. The fourth-order valence-electron chi connectivity index (χ4n) is 4.13. The molecule has 146 valence electrons. The van der Waals surface area contributed by atoms with Gasteiger partial charge in [0.15, 0.2) is 0 Å². The minimum atomic E-state index is -1.03. The number of hydrogen-bond donors (Lipinski definition) is 1. The summed E-state index contributed by atoms with van der Waals surface area (Å²) in [7, 11) is 0. The van der Waals surface area contributed by atoms with Gasteiger partial charge in [-0.2, -0.15) is 0 Å². The van der Waals surface area contributed by atoms with Crippen molar-refractivity contribution in [2.75, 3.05) is 19.6 Å². The molecule has 0 aliphatic carbocycles. The van der Waals surface area contributed by atoms with Gasteiger partial charge in [0.05, 0.1) is 6.42 Å². The van der Waals surface area contributed by atoms with Gasteiger partial charge in [0.1, 0.15) is 11.9 Å². The standard InChI is InChI=1S/C19H22ClFN2O4/c1-12(24)22-6-4-19(5-7-22)10-16(18(26)27)23(11-19)17(25)8-13-2-3-14(21)9-15(13)20/h2-3,9,16H,4-8,10-11H2,1H3,(H,26,27). The second-order valence-electron chi connectivity index (χ2n) is 7.50. The summed E-state index contributed by atoms with van der Waals surface area (Å²) in [5.41, 5.74) is 0.191. The van der Waals surface area contributed by atoms with E-state index in [1.54, 1.807) is 4.90 Å². The van der Waals surface area contributed by atoms with Crippen LogP contribution in [0.15, 0.2) is 18.2 Å². The molecule has 1 spiro atoms. The lowest BCUT2D eigenvalue weighted by atomic mass is 9.76. The molecule has 0 radical (unpaired) electrons. The number of piperidine rings is 1. The summed E-state index contributed by atoms with van der Waals surface area (Å²) < 4.78 is 13.2. The van der Waals surface area contributed by atoms with Crippen LogP contribution in [0, 0.1) is 11.2 Å². The van der Waals surface area contributed by atoms with E-state index in [2.05, 4.69) is 0 Å². The van der Waals surface area contributed by atoms with Crippen LogP contribution in [0.5, 0.6) is 0 Å². The molecule has 0 bridgehead atoms. The van der Waals surface area contributed by atoms with Gasteiger partial charge in [-0.3, -0.25) is 9.59 Å². The Kier molecular flexibility index (Phi) is 5.42. The number of carboxylic acid groups (broad SMARTS) is 1. The minimum absolute atomic E-state index is 0.0107. The van der Waals surface area contributed by atoms with Crippen molar-refractivity contribution < 1.29 is 23.9 Å². The Morgan fingerprint density at radius 1 is 1.30 bits per heavy atom. The predicted octanol–water partition coefficient (Wildman–Crippen LogP) is 2.34. The first-order chi connectivity index (χ1) is 12.7. The molecule has 1 atom stereocenters. The number of likely N-dealkylation sites (tertiary alicyclic amines) is 2. The van der Waals surface area contributed by atoms with Gasteiger partial charge in [0, 0.05) is 31.6 Å². The van der Waals surface area contributed by atoms with Crippen molar-refractivity contribution in [2.24, 2.45) is 5.41 Å². The zero-order chi connectivity index (χ0) is 19.8. The summed E-state index contributed by atoms with van der Waals surface area (Å²) in [5.74, 6) is -1.84. The summed E-state index contributed by atoms with van der Waals surface area (Å²) >= 11 is 6.00. The SMILES string of the molecule is CC(=O)N1CCC2(CC1)CC(C(=O)O)N(C(=O)Cc1ccc(F)cc1Cl)C2. The van der Waals surface area contributed by atoms with E-state index in [0.717, 1.165) is 6.07 Å². The highest BCUT2D eigenvalue weighted by molar-refractivity contribution is 6.31. The number of aliphatic carboxylic acids is 1. The van der Waals surface area contributed by atoms with Gasteiger partial charge in [-0.05, 0) is 42.4 Å². The van der Waals surface area contributed by atoms with E-state index < -0.39 is 17.8 Å². The summed E-state index contributed by atoms with van der Waals surface area (Å²) in [5, 5.41) is 9.76. The topological polar surface area (TPSA) is 77.9 Å². The Morgan fingerprint density at radius 3 is 2.52 bits per heavy atom. The highest BCUT2D eigenvalue weighted by Crippen LogP contribution is 2.43. The van der Waals surface area contributed by atoms with Gasteiger partial charge in [0.2, 0.25) is 11.8 Å². The third-order valence-corrected chi connectivity index (χ3v) is 6.09. The second kappa shape index (κ2) is 7.46. The van der Waals surface area contributed by atoms with Gasteiger partial charge in [0.25, 0.3) is 0 Å². The molecular weight excluding hydrogens is 375 g/mol. The lowest BCUT2D eigenvalue weighted by Gasteiger charge is -2.38. The highest BCUT2D eigenvalue weighted by atomic mass is 35.5. The number of halogens is 2. The van der Waals surface area contributed by atoms with Crippen LogP contribution in [-0.4, -0.2) is 58.4 Å². The molecule has 2 amide bonds. The number of benzene rings is 1. The van der Waals surface area contributed by atoms with Crippen LogP contribution in [0.4, 0.5) is 4.39 Å². The molecule has 2 saturated heterocycles. The van der Waals surface area contributed by atoms with E-state index in [-0.39, 0.29) is 28.7 Å². The van der Waals surface area contributed by atoms with Gasteiger partial charge >= 0.3 is 5.97 Å². The smallest absolute Gasteiger partial charge is 0.326 e. The van der Waals surface area contributed by atoms with Crippen LogP contribution in [0.2, 0.25) is 5.02 Å². The minimum Gasteiger partial charge on any atom is -0.480 e. The summed E-state index contributed by atoms with van der Waals surface area (Å²) in [4.78, 5) is 39.3. The van der Waals surface area contributed by atoms with Crippen molar-refractivity contribution in [3.8, 4) is 0 Å². The van der Waals surface area contributed by atoms with Crippen LogP contribution < -0.4 is 0 Å². The number of nitrogens with zero attached hydrogens (tertiary/aromatic N) is 2. The number of rotatable bonds is 3. The van der Waals surface area contributed by atoms with E-state index in [0.29, 0.717) is 44.5 Å². The third kappa shape index (κ3) is 4.08. The quantitative estimate of drug-likeness (QED) is 0.850. The van der Waals surface area contributed by atoms with Crippen LogP contribution >= 0.6 is 11.6 Å². The molecule has 2 aliphatic rings. The van der Waals surface area contributed by atoms with Crippen molar-refractivity contribution in [2.45, 2.75) is 38.6 Å². The average molecular weight is 397 g/mol. The molecule has 0 aromatic heterocycles. The van der Waals surface area contributed by atoms with Crippen molar-refractivity contribution >= 4 is 29.4 Å². The Bertz CT molecular complexity index is 777. The molecule has 1 unspecified atom stereocenters. The van der Waals surface area contributed by atoms with Crippen LogP contribution in [0.1, 0.15) is 31.7 Å². The Labute approximate surface area is 161 Å². The van der Waals surface area contributed by atoms with Gasteiger partial charge in [-0.1, -0.05) is 17.7 Å². The third-order valence-electron chi connectivity index (χ3n) is 5.74. The fraction of sp³-hybridized carbons (Fsp3) is 0.526. The molecule has 1 N–H and O–H groups in total. The first-order valence-electron chi connectivity index (χ1n) is 8.92. The zero-order valence-corrected chi connectivity index (χ0v) is 15.8. The van der Waals surface area contributed by atoms with E-state index in [1.165, 1.54) is 24.0 Å². The molecule has 8 heteroatoms. The summed E-state index contributed by atoms with van der Waals surface area (Å²) in [6.07, 6.45) is 1.67. The number of carbonyl (C=O) groups excluding carboxylic acids is 2. The lowest BCUT2D eigenvalue weighted by Crippen LogP contribution is -2.44. The molecule has 27 heavy (non-hydrogen) atoms. The Morgan fingerprint density at radius 2 is 1.96 bits per heavy atom. The number of carboxylic acids is 1. The molecule has 6 nitrogen and oxygen atoms in total. The largest absolute Gasteiger partial charge is 0.480 e. The van der Waals surface area contributed by atoms with E-state index in [9.17, 15) is 23.9 Å². The fourth-order valence-corrected chi connectivity index (χ4v) is 4.36. The monoisotopic (exact) mass is 396 g/mol. The first kappa shape index (κ1) is 19.6. The highest BCUT2D eigenvalue weighted by Gasteiger charge is 2.49.